The summed E-state index contributed by atoms with van der Waals surface area (Å²) in [6, 6.07) is 3.68. The van der Waals surface area contributed by atoms with Crippen LogP contribution in [-0.2, 0) is 6.42 Å². The van der Waals surface area contributed by atoms with E-state index in [0.717, 1.165) is 29.5 Å². The zero-order valence-electron chi connectivity index (χ0n) is 9.74. The quantitative estimate of drug-likeness (QED) is 0.752. The summed E-state index contributed by atoms with van der Waals surface area (Å²) in [7, 11) is 0. The molecule has 8 heteroatoms. The van der Waals surface area contributed by atoms with Gasteiger partial charge in [0.1, 0.15) is 5.82 Å². The van der Waals surface area contributed by atoms with E-state index in [1.165, 1.54) is 4.63 Å². The fourth-order valence-electron chi connectivity index (χ4n) is 1.59. The highest BCUT2D eigenvalue weighted by Crippen LogP contribution is 2.09. The first-order chi connectivity index (χ1) is 8.81. The second-order valence-electron chi connectivity index (χ2n) is 3.78. The predicted octanol–water partition coefficient (Wildman–Crippen LogP) is 0.939. The Morgan fingerprint density at radius 2 is 2.33 bits per heavy atom. The van der Waals surface area contributed by atoms with Crippen molar-refractivity contribution in [2.45, 2.75) is 13.3 Å². The van der Waals surface area contributed by atoms with Crippen molar-refractivity contribution in [1.29, 1.82) is 0 Å². The first kappa shape index (κ1) is 11.0. The smallest absolute Gasteiger partial charge is 0.200 e. The monoisotopic (exact) mass is 261 g/mol. The summed E-state index contributed by atoms with van der Waals surface area (Å²) in [5, 5.41) is 21.7. The van der Waals surface area contributed by atoms with Crippen LogP contribution in [0.2, 0.25) is 0 Å². The Bertz CT molecular complexity index is 659. The summed E-state index contributed by atoms with van der Waals surface area (Å²) < 4.78 is 1.40. The molecule has 1 N–H and O–H groups in total. The second kappa shape index (κ2) is 4.65. The molecule has 0 saturated carbocycles. The third kappa shape index (κ3) is 2.28. The van der Waals surface area contributed by atoms with Gasteiger partial charge in [-0.15, -0.1) is 26.2 Å². The highest BCUT2D eigenvalue weighted by molar-refractivity contribution is 7.09. The fraction of sp³-hybridized carbons (Fsp3) is 0.300. The predicted molar refractivity (Wildman–Crippen MR) is 67.6 cm³/mol. The van der Waals surface area contributed by atoms with Gasteiger partial charge in [-0.25, -0.2) is 4.98 Å². The summed E-state index contributed by atoms with van der Waals surface area (Å²) in [4.78, 5) is 4.40. The van der Waals surface area contributed by atoms with Gasteiger partial charge in [-0.2, -0.15) is 0 Å². The lowest BCUT2D eigenvalue weighted by atomic mass is 10.3. The van der Waals surface area contributed by atoms with Gasteiger partial charge in [-0.3, -0.25) is 0 Å². The summed E-state index contributed by atoms with van der Waals surface area (Å²) in [5.74, 6) is 0.752. The Morgan fingerprint density at radius 1 is 1.39 bits per heavy atom. The van der Waals surface area contributed by atoms with Crippen LogP contribution < -0.4 is 5.32 Å². The van der Waals surface area contributed by atoms with Gasteiger partial charge < -0.3 is 5.32 Å². The summed E-state index contributed by atoms with van der Waals surface area (Å²) in [5.41, 5.74) is 1.74. The van der Waals surface area contributed by atoms with Crippen molar-refractivity contribution in [3.63, 3.8) is 0 Å². The molecule has 0 amide bonds. The summed E-state index contributed by atoms with van der Waals surface area (Å²) in [6.45, 7) is 2.79. The second-order valence-corrected chi connectivity index (χ2v) is 4.84. The lowest BCUT2D eigenvalue weighted by Gasteiger charge is -2.03. The number of hydrogen-bond donors (Lipinski definition) is 1. The first-order valence-corrected chi connectivity index (χ1v) is 6.39. The summed E-state index contributed by atoms with van der Waals surface area (Å²) >= 11 is 1.67. The van der Waals surface area contributed by atoms with E-state index in [0.29, 0.717) is 5.65 Å². The number of aromatic nitrogens is 6. The van der Waals surface area contributed by atoms with E-state index in [4.69, 9.17) is 0 Å². The van der Waals surface area contributed by atoms with Crippen LogP contribution in [0.5, 0.6) is 0 Å². The minimum absolute atomic E-state index is 0.635. The Morgan fingerprint density at radius 3 is 3.17 bits per heavy atom. The van der Waals surface area contributed by atoms with E-state index in [1.54, 1.807) is 11.3 Å². The van der Waals surface area contributed by atoms with Gasteiger partial charge in [0.05, 0.1) is 10.7 Å². The topological polar surface area (TPSA) is 80.9 Å². The van der Waals surface area contributed by atoms with Gasteiger partial charge >= 0.3 is 0 Å². The number of tetrazole rings is 1. The van der Waals surface area contributed by atoms with E-state index in [2.05, 4.69) is 36.3 Å². The van der Waals surface area contributed by atoms with Crippen molar-refractivity contribution in [2.75, 3.05) is 11.9 Å². The molecular weight excluding hydrogens is 250 g/mol. The molecule has 0 aliphatic rings. The Labute approximate surface area is 107 Å². The van der Waals surface area contributed by atoms with E-state index >= 15 is 0 Å². The molecule has 0 atom stereocenters. The van der Waals surface area contributed by atoms with Gasteiger partial charge in [0, 0.05) is 18.3 Å². The number of hydrogen-bond acceptors (Lipinski definition) is 7. The Kier molecular flexibility index (Phi) is 2.85. The lowest BCUT2D eigenvalue weighted by Crippen LogP contribution is -2.08. The third-order valence-corrected chi connectivity index (χ3v) is 3.25. The van der Waals surface area contributed by atoms with Crippen molar-refractivity contribution < 1.29 is 0 Å². The third-order valence-electron chi connectivity index (χ3n) is 2.42. The van der Waals surface area contributed by atoms with Crippen molar-refractivity contribution in [3.8, 4) is 0 Å². The molecule has 0 radical (unpaired) electrons. The molecular formula is C10H11N7S. The van der Waals surface area contributed by atoms with Gasteiger partial charge in [0.25, 0.3) is 0 Å². The van der Waals surface area contributed by atoms with Crippen LogP contribution in [0.3, 0.4) is 0 Å². The molecule has 18 heavy (non-hydrogen) atoms. The van der Waals surface area contributed by atoms with E-state index in [1.807, 2.05) is 19.1 Å². The van der Waals surface area contributed by atoms with Gasteiger partial charge in [0.2, 0.25) is 0 Å². The Hall–Kier alpha value is -2.09. The number of rotatable bonds is 4. The van der Waals surface area contributed by atoms with E-state index in [9.17, 15) is 0 Å². The summed E-state index contributed by atoms with van der Waals surface area (Å²) in [6.07, 6.45) is 0.875. The van der Waals surface area contributed by atoms with Gasteiger partial charge in [-0.05, 0) is 29.5 Å². The minimum Gasteiger partial charge on any atom is -0.368 e. The molecule has 3 aromatic heterocycles. The molecule has 0 aliphatic carbocycles. The normalized spacial score (nSPS) is 10.9. The average Bonchev–Trinajstić information content (AvgIpc) is 2.97. The van der Waals surface area contributed by atoms with Crippen molar-refractivity contribution in [3.05, 3.63) is 28.2 Å². The number of nitrogens with zero attached hydrogens (tertiary/aromatic N) is 6. The van der Waals surface area contributed by atoms with Crippen molar-refractivity contribution in [1.82, 2.24) is 30.2 Å². The maximum atomic E-state index is 4.40. The van der Waals surface area contributed by atoms with Crippen LogP contribution in [-0.4, -0.2) is 36.8 Å². The molecule has 0 fully saturated rings. The minimum atomic E-state index is 0.635. The SMILES string of the molecule is Cc1nc(CCNc2ccc3nnnn3n2)cs1. The number of thiazole rings is 1. The molecule has 3 heterocycles. The van der Waals surface area contributed by atoms with Crippen LogP contribution >= 0.6 is 11.3 Å². The number of aryl methyl sites for hydroxylation is 1. The van der Waals surface area contributed by atoms with Crippen LogP contribution in [0.1, 0.15) is 10.7 Å². The first-order valence-electron chi connectivity index (χ1n) is 5.51. The van der Waals surface area contributed by atoms with Crippen molar-refractivity contribution >= 4 is 22.8 Å². The van der Waals surface area contributed by atoms with E-state index < -0.39 is 0 Å². The highest BCUT2D eigenvalue weighted by Gasteiger charge is 2.01. The molecule has 0 saturated heterocycles. The molecule has 3 rings (SSSR count). The maximum Gasteiger partial charge on any atom is 0.200 e. The van der Waals surface area contributed by atoms with Crippen LogP contribution in [0, 0.1) is 6.92 Å². The molecule has 0 bridgehead atoms. The Balaban J connectivity index is 1.62. The van der Waals surface area contributed by atoms with Crippen LogP contribution in [0.25, 0.3) is 5.65 Å². The lowest BCUT2D eigenvalue weighted by molar-refractivity contribution is 0.733. The molecule has 0 aromatic carbocycles. The number of nitrogens with one attached hydrogen (secondary N) is 1. The maximum absolute atomic E-state index is 4.40. The number of fused-ring (bicyclic) bond motifs is 1. The zero-order valence-corrected chi connectivity index (χ0v) is 10.6. The molecule has 0 unspecified atom stereocenters. The molecule has 0 aliphatic heterocycles. The molecule has 0 spiro atoms. The molecule has 92 valence electrons. The van der Waals surface area contributed by atoms with Crippen molar-refractivity contribution in [2.24, 2.45) is 0 Å². The fourth-order valence-corrected chi connectivity index (χ4v) is 2.23. The zero-order chi connectivity index (χ0) is 12.4. The van der Waals surface area contributed by atoms with Gasteiger partial charge in [-0.1, -0.05) is 0 Å². The molecule has 3 aromatic rings. The average molecular weight is 261 g/mol. The largest absolute Gasteiger partial charge is 0.368 e. The standard InChI is InChI=1S/C10H11N7S/c1-7-12-8(6-18-7)4-5-11-9-2-3-10-13-15-16-17(10)14-9/h2-3,6H,4-5H2,1H3,(H,11,14). The highest BCUT2D eigenvalue weighted by atomic mass is 32.1. The van der Waals surface area contributed by atoms with Gasteiger partial charge in [0.15, 0.2) is 5.65 Å². The van der Waals surface area contributed by atoms with E-state index in [-0.39, 0.29) is 0 Å². The van der Waals surface area contributed by atoms with Crippen LogP contribution in [0.4, 0.5) is 5.82 Å². The van der Waals surface area contributed by atoms with Crippen LogP contribution in [0.15, 0.2) is 17.5 Å². The molecule has 7 nitrogen and oxygen atoms in total. The number of anilines is 1.